The molecule has 2 aromatic rings. The summed E-state index contributed by atoms with van der Waals surface area (Å²) in [6.07, 6.45) is 2.15. The van der Waals surface area contributed by atoms with Gasteiger partial charge in [-0.25, -0.2) is 0 Å². The van der Waals surface area contributed by atoms with Gasteiger partial charge in [0.05, 0.1) is 5.52 Å². The fourth-order valence-electron chi connectivity index (χ4n) is 2.31. The highest BCUT2D eigenvalue weighted by molar-refractivity contribution is 5.82. The Hall–Kier alpha value is -1.45. The van der Waals surface area contributed by atoms with Crippen molar-refractivity contribution in [3.05, 3.63) is 41.6 Å². The van der Waals surface area contributed by atoms with Gasteiger partial charge in [0.1, 0.15) is 0 Å². The Labute approximate surface area is 121 Å². The van der Waals surface area contributed by atoms with Gasteiger partial charge in [-0.05, 0) is 44.0 Å². The number of nitrogens with one attached hydrogen (secondary N) is 1. The number of hydrogen-bond donors (Lipinski definition) is 1. The summed E-state index contributed by atoms with van der Waals surface area (Å²) < 4.78 is 5.47. The number of ether oxygens (including phenoxy) is 1. The van der Waals surface area contributed by atoms with E-state index in [2.05, 4.69) is 48.4 Å². The van der Waals surface area contributed by atoms with Gasteiger partial charge in [-0.1, -0.05) is 25.1 Å². The molecular weight excluding hydrogens is 248 g/mol. The van der Waals surface area contributed by atoms with E-state index in [4.69, 9.17) is 4.74 Å². The molecule has 0 aliphatic heterocycles. The molecule has 0 aliphatic carbocycles. The second kappa shape index (κ2) is 7.98. The van der Waals surface area contributed by atoms with E-state index < -0.39 is 0 Å². The number of rotatable bonds is 8. The molecule has 1 heterocycles. The lowest BCUT2D eigenvalue weighted by Gasteiger charge is -2.09. The molecule has 0 spiro atoms. The summed E-state index contributed by atoms with van der Waals surface area (Å²) in [6, 6.07) is 10.5. The lowest BCUT2D eigenvalue weighted by Crippen LogP contribution is -2.17. The molecule has 0 saturated heterocycles. The van der Waals surface area contributed by atoms with Crippen molar-refractivity contribution < 1.29 is 4.74 Å². The largest absolute Gasteiger partial charge is 0.381 e. The van der Waals surface area contributed by atoms with Crippen LogP contribution in [0, 0.1) is 6.92 Å². The summed E-state index contributed by atoms with van der Waals surface area (Å²) >= 11 is 0. The maximum atomic E-state index is 5.47. The van der Waals surface area contributed by atoms with E-state index in [1.54, 1.807) is 0 Å². The Kier molecular flexibility index (Phi) is 5.96. The Balaban J connectivity index is 1.86. The van der Waals surface area contributed by atoms with Gasteiger partial charge in [0, 0.05) is 30.8 Å². The van der Waals surface area contributed by atoms with E-state index in [1.165, 1.54) is 10.9 Å². The minimum Gasteiger partial charge on any atom is -0.381 e. The van der Waals surface area contributed by atoms with Crippen LogP contribution in [0.25, 0.3) is 10.9 Å². The molecule has 1 aromatic carbocycles. The van der Waals surface area contributed by atoms with Gasteiger partial charge in [0.15, 0.2) is 0 Å². The van der Waals surface area contributed by atoms with Crippen LogP contribution >= 0.6 is 0 Å². The summed E-state index contributed by atoms with van der Waals surface area (Å²) in [5.41, 5.74) is 3.48. The SMILES string of the molecule is CCCOCCCNCc1cc(C)nc2ccccc12. The predicted octanol–water partition coefficient (Wildman–Crippen LogP) is 3.45. The molecule has 1 aromatic heterocycles. The van der Waals surface area contributed by atoms with Gasteiger partial charge in [0.25, 0.3) is 0 Å². The standard InChI is InChI=1S/C17H24N2O/c1-3-10-20-11-6-9-18-13-15-12-14(2)19-17-8-5-4-7-16(15)17/h4-5,7-8,12,18H,3,6,9-11,13H2,1-2H3. The number of hydrogen-bond acceptors (Lipinski definition) is 3. The molecule has 0 radical (unpaired) electrons. The van der Waals surface area contributed by atoms with E-state index in [9.17, 15) is 0 Å². The minimum atomic E-state index is 0.844. The second-order valence-electron chi connectivity index (χ2n) is 5.08. The van der Waals surface area contributed by atoms with Gasteiger partial charge in [-0.3, -0.25) is 4.98 Å². The van der Waals surface area contributed by atoms with Crippen LogP contribution in [-0.4, -0.2) is 24.7 Å². The number of aromatic nitrogens is 1. The smallest absolute Gasteiger partial charge is 0.0708 e. The van der Waals surface area contributed by atoms with Crippen molar-refractivity contribution in [1.29, 1.82) is 0 Å². The lowest BCUT2D eigenvalue weighted by molar-refractivity contribution is 0.132. The molecule has 0 saturated carbocycles. The Morgan fingerprint density at radius 2 is 2.05 bits per heavy atom. The highest BCUT2D eigenvalue weighted by Crippen LogP contribution is 2.17. The van der Waals surface area contributed by atoms with Crippen molar-refractivity contribution in [2.24, 2.45) is 0 Å². The number of pyridine rings is 1. The molecule has 0 atom stereocenters. The van der Waals surface area contributed by atoms with Gasteiger partial charge < -0.3 is 10.1 Å². The van der Waals surface area contributed by atoms with Crippen molar-refractivity contribution >= 4 is 10.9 Å². The average Bonchev–Trinajstić information content (AvgIpc) is 2.46. The Morgan fingerprint density at radius 3 is 2.90 bits per heavy atom. The molecule has 0 bridgehead atoms. The fraction of sp³-hybridized carbons (Fsp3) is 0.471. The molecule has 20 heavy (non-hydrogen) atoms. The molecule has 108 valence electrons. The van der Waals surface area contributed by atoms with E-state index in [1.807, 2.05) is 6.07 Å². The van der Waals surface area contributed by atoms with E-state index in [0.717, 1.165) is 50.4 Å². The first-order valence-corrected chi connectivity index (χ1v) is 7.45. The maximum Gasteiger partial charge on any atom is 0.0708 e. The highest BCUT2D eigenvalue weighted by atomic mass is 16.5. The molecule has 2 rings (SSSR count). The summed E-state index contributed by atoms with van der Waals surface area (Å²) in [5.74, 6) is 0. The third-order valence-corrected chi connectivity index (χ3v) is 3.24. The van der Waals surface area contributed by atoms with Gasteiger partial charge in [-0.15, -0.1) is 0 Å². The third kappa shape index (κ3) is 4.29. The molecule has 0 aliphatic rings. The van der Waals surface area contributed by atoms with E-state index in [-0.39, 0.29) is 0 Å². The van der Waals surface area contributed by atoms with Crippen LogP contribution in [0.5, 0.6) is 0 Å². The number of para-hydroxylation sites is 1. The van der Waals surface area contributed by atoms with Crippen molar-refractivity contribution in [2.75, 3.05) is 19.8 Å². The number of aryl methyl sites for hydroxylation is 1. The van der Waals surface area contributed by atoms with Crippen LogP contribution in [0.2, 0.25) is 0 Å². The Bertz CT molecular complexity index is 540. The van der Waals surface area contributed by atoms with Crippen molar-refractivity contribution in [3.63, 3.8) is 0 Å². The summed E-state index contributed by atoms with van der Waals surface area (Å²) in [7, 11) is 0. The van der Waals surface area contributed by atoms with Crippen LogP contribution in [0.1, 0.15) is 31.0 Å². The summed E-state index contributed by atoms with van der Waals surface area (Å²) in [5, 5.41) is 4.73. The zero-order valence-electron chi connectivity index (χ0n) is 12.5. The molecule has 1 N–H and O–H groups in total. The van der Waals surface area contributed by atoms with Gasteiger partial charge in [0.2, 0.25) is 0 Å². The van der Waals surface area contributed by atoms with Crippen LogP contribution in [0.4, 0.5) is 0 Å². The first-order chi connectivity index (χ1) is 9.81. The van der Waals surface area contributed by atoms with Crippen molar-refractivity contribution in [2.45, 2.75) is 33.2 Å². The van der Waals surface area contributed by atoms with Crippen molar-refractivity contribution in [1.82, 2.24) is 10.3 Å². The molecule has 0 amide bonds. The van der Waals surface area contributed by atoms with Crippen molar-refractivity contribution in [3.8, 4) is 0 Å². The fourth-order valence-corrected chi connectivity index (χ4v) is 2.31. The van der Waals surface area contributed by atoms with E-state index >= 15 is 0 Å². The zero-order chi connectivity index (χ0) is 14.2. The van der Waals surface area contributed by atoms with Crippen LogP contribution in [-0.2, 0) is 11.3 Å². The molecule has 3 nitrogen and oxygen atoms in total. The van der Waals surface area contributed by atoms with Crippen LogP contribution in [0.15, 0.2) is 30.3 Å². The molecule has 0 unspecified atom stereocenters. The topological polar surface area (TPSA) is 34.1 Å². The van der Waals surface area contributed by atoms with Gasteiger partial charge in [-0.2, -0.15) is 0 Å². The maximum absolute atomic E-state index is 5.47. The molecule has 3 heteroatoms. The number of benzene rings is 1. The number of nitrogens with zero attached hydrogens (tertiary/aromatic N) is 1. The second-order valence-corrected chi connectivity index (χ2v) is 5.08. The third-order valence-electron chi connectivity index (χ3n) is 3.24. The predicted molar refractivity (Wildman–Crippen MR) is 83.9 cm³/mol. The number of fused-ring (bicyclic) bond motifs is 1. The summed E-state index contributed by atoms with van der Waals surface area (Å²) in [6.45, 7) is 7.77. The van der Waals surface area contributed by atoms with Crippen LogP contribution in [0.3, 0.4) is 0 Å². The van der Waals surface area contributed by atoms with Crippen LogP contribution < -0.4 is 5.32 Å². The first-order valence-electron chi connectivity index (χ1n) is 7.45. The Morgan fingerprint density at radius 1 is 1.20 bits per heavy atom. The highest BCUT2D eigenvalue weighted by Gasteiger charge is 2.02. The first kappa shape index (κ1) is 14.9. The quantitative estimate of drug-likeness (QED) is 0.747. The van der Waals surface area contributed by atoms with E-state index in [0.29, 0.717) is 0 Å². The monoisotopic (exact) mass is 272 g/mol. The summed E-state index contributed by atoms with van der Waals surface area (Å²) in [4.78, 5) is 4.57. The zero-order valence-corrected chi connectivity index (χ0v) is 12.5. The molecular formula is C17H24N2O. The normalized spacial score (nSPS) is 11.1. The minimum absolute atomic E-state index is 0.844. The average molecular weight is 272 g/mol. The molecule has 0 fully saturated rings. The van der Waals surface area contributed by atoms with Gasteiger partial charge >= 0.3 is 0 Å². The lowest BCUT2D eigenvalue weighted by atomic mass is 10.1.